The molecule has 0 unspecified atom stereocenters. The molecule has 1 aromatic rings. The normalized spacial score (nSPS) is 19.1. The first kappa shape index (κ1) is 12.8. The van der Waals surface area contributed by atoms with Crippen LogP contribution in [0.4, 0.5) is 0 Å². The molecule has 0 spiro atoms. The van der Waals surface area contributed by atoms with Gasteiger partial charge in [0.25, 0.3) is 0 Å². The van der Waals surface area contributed by atoms with Crippen molar-refractivity contribution < 1.29 is 5.11 Å². The lowest BCUT2D eigenvalue weighted by molar-refractivity contribution is -0.0237. The predicted molar refractivity (Wildman–Crippen MR) is 70.8 cm³/mol. The number of benzene rings is 1. The highest BCUT2D eigenvalue weighted by molar-refractivity contribution is 5.23. The van der Waals surface area contributed by atoms with E-state index in [4.69, 9.17) is 5.26 Å². The molecule has 0 atom stereocenters. The van der Waals surface area contributed by atoms with E-state index >= 15 is 0 Å². The van der Waals surface area contributed by atoms with Crippen LogP contribution in [0.2, 0.25) is 0 Å². The first-order valence-corrected chi connectivity index (χ1v) is 6.22. The van der Waals surface area contributed by atoms with Crippen LogP contribution in [0.25, 0.3) is 0 Å². The summed E-state index contributed by atoms with van der Waals surface area (Å²) in [4.78, 5) is 2.17. The average molecular weight is 242 g/mol. The van der Waals surface area contributed by atoms with Crippen LogP contribution in [-0.4, -0.2) is 29.6 Å². The summed E-state index contributed by atoms with van der Waals surface area (Å²) < 4.78 is 0. The topological polar surface area (TPSA) is 47.3 Å². The van der Waals surface area contributed by atoms with Gasteiger partial charge in [0.15, 0.2) is 0 Å². The van der Waals surface area contributed by atoms with Gasteiger partial charge in [-0.2, -0.15) is 5.26 Å². The second-order valence-corrected chi connectivity index (χ2v) is 4.89. The summed E-state index contributed by atoms with van der Waals surface area (Å²) in [6.45, 7) is 5.90. The molecule has 1 saturated heterocycles. The van der Waals surface area contributed by atoms with Crippen LogP contribution in [0.3, 0.4) is 0 Å². The summed E-state index contributed by atoms with van der Waals surface area (Å²) in [6.07, 6.45) is 1.41. The zero-order valence-electron chi connectivity index (χ0n) is 10.5. The molecule has 0 saturated carbocycles. The maximum atomic E-state index is 10.6. The molecule has 2 rings (SSSR count). The van der Waals surface area contributed by atoms with Gasteiger partial charge < -0.3 is 5.11 Å². The van der Waals surface area contributed by atoms with E-state index < -0.39 is 5.60 Å². The van der Waals surface area contributed by atoms with Gasteiger partial charge in [0.1, 0.15) is 0 Å². The maximum absolute atomic E-state index is 10.6. The smallest absolute Gasteiger partial charge is 0.0954 e. The molecule has 0 radical (unpaired) electrons. The van der Waals surface area contributed by atoms with E-state index in [2.05, 4.69) is 17.5 Å². The molecule has 94 valence electrons. The fourth-order valence-corrected chi connectivity index (χ4v) is 2.42. The third kappa shape index (κ3) is 2.79. The van der Waals surface area contributed by atoms with E-state index in [1.54, 1.807) is 0 Å². The second-order valence-electron chi connectivity index (χ2n) is 4.89. The number of piperidine rings is 1. The van der Waals surface area contributed by atoms with Crippen molar-refractivity contribution in [3.8, 4) is 6.07 Å². The Hall–Kier alpha value is -1.63. The first-order chi connectivity index (χ1) is 8.64. The molecule has 0 aromatic heterocycles. The van der Waals surface area contributed by atoms with Gasteiger partial charge in [-0.25, -0.2) is 0 Å². The molecular weight excluding hydrogens is 224 g/mol. The van der Waals surface area contributed by atoms with Crippen LogP contribution < -0.4 is 0 Å². The molecular formula is C15H18N2O. The van der Waals surface area contributed by atoms with Crippen molar-refractivity contribution in [1.29, 1.82) is 5.26 Å². The van der Waals surface area contributed by atoms with Gasteiger partial charge in [-0.1, -0.05) is 36.9 Å². The largest absolute Gasteiger partial charge is 0.385 e. The average Bonchev–Trinajstić information content (AvgIpc) is 2.42. The Kier molecular flexibility index (Phi) is 3.81. The number of aliphatic hydroxyl groups is 1. The molecule has 1 aliphatic rings. The zero-order valence-corrected chi connectivity index (χ0v) is 10.5. The highest BCUT2D eigenvalue weighted by Gasteiger charge is 2.33. The summed E-state index contributed by atoms with van der Waals surface area (Å²) in [7, 11) is 0. The monoisotopic (exact) mass is 242 g/mol. The lowest BCUT2D eigenvalue weighted by Gasteiger charge is -2.38. The van der Waals surface area contributed by atoms with E-state index in [1.165, 1.54) is 0 Å². The van der Waals surface area contributed by atoms with Gasteiger partial charge in [-0.15, -0.1) is 0 Å². The standard InChI is InChI=1S/C15H18N2O/c1-13(11-16)12-17-9-7-15(18,8-10-17)14-5-3-2-4-6-14/h2-6,18H,1,7-10,12H2. The number of nitriles is 1. The van der Waals surface area contributed by atoms with Crippen molar-refractivity contribution in [2.75, 3.05) is 19.6 Å². The third-order valence-corrected chi connectivity index (χ3v) is 3.57. The molecule has 3 nitrogen and oxygen atoms in total. The summed E-state index contributed by atoms with van der Waals surface area (Å²) in [5, 5.41) is 19.4. The summed E-state index contributed by atoms with van der Waals surface area (Å²) in [6, 6.07) is 11.9. The fourth-order valence-electron chi connectivity index (χ4n) is 2.42. The van der Waals surface area contributed by atoms with Crippen molar-refractivity contribution >= 4 is 0 Å². The van der Waals surface area contributed by atoms with E-state index in [1.807, 2.05) is 30.3 Å². The minimum atomic E-state index is -0.717. The molecule has 1 N–H and O–H groups in total. The minimum Gasteiger partial charge on any atom is -0.385 e. The zero-order chi connectivity index (χ0) is 13.0. The highest BCUT2D eigenvalue weighted by atomic mass is 16.3. The second kappa shape index (κ2) is 5.34. The van der Waals surface area contributed by atoms with Crippen LogP contribution in [0, 0.1) is 11.3 Å². The van der Waals surface area contributed by atoms with Gasteiger partial charge in [0, 0.05) is 25.2 Å². The number of likely N-dealkylation sites (tertiary alicyclic amines) is 1. The van der Waals surface area contributed by atoms with E-state index in [-0.39, 0.29) is 0 Å². The molecule has 0 aliphatic carbocycles. The molecule has 0 amide bonds. The lowest BCUT2D eigenvalue weighted by atomic mass is 9.84. The van der Waals surface area contributed by atoms with Crippen molar-refractivity contribution in [1.82, 2.24) is 4.90 Å². The minimum absolute atomic E-state index is 0.583. The van der Waals surface area contributed by atoms with Gasteiger partial charge in [0.2, 0.25) is 0 Å². The Bertz CT molecular complexity index is 453. The summed E-state index contributed by atoms with van der Waals surface area (Å²) >= 11 is 0. The van der Waals surface area contributed by atoms with Crippen LogP contribution in [0.15, 0.2) is 42.5 Å². The summed E-state index contributed by atoms with van der Waals surface area (Å²) in [5.41, 5.74) is 0.857. The number of hydrogen-bond acceptors (Lipinski definition) is 3. The van der Waals surface area contributed by atoms with Crippen LogP contribution in [0.1, 0.15) is 18.4 Å². The Morgan fingerprint density at radius 2 is 1.94 bits per heavy atom. The van der Waals surface area contributed by atoms with Crippen molar-refractivity contribution in [2.24, 2.45) is 0 Å². The number of hydrogen-bond donors (Lipinski definition) is 1. The molecule has 18 heavy (non-hydrogen) atoms. The molecule has 1 aliphatic heterocycles. The quantitative estimate of drug-likeness (QED) is 0.825. The van der Waals surface area contributed by atoms with Gasteiger partial charge in [-0.3, -0.25) is 4.90 Å². The highest BCUT2D eigenvalue weighted by Crippen LogP contribution is 2.32. The Labute approximate surface area is 108 Å². The first-order valence-electron chi connectivity index (χ1n) is 6.22. The van der Waals surface area contributed by atoms with Crippen LogP contribution >= 0.6 is 0 Å². The lowest BCUT2D eigenvalue weighted by Crippen LogP contribution is -2.43. The third-order valence-electron chi connectivity index (χ3n) is 3.57. The van der Waals surface area contributed by atoms with Crippen molar-refractivity contribution in [3.63, 3.8) is 0 Å². The van der Waals surface area contributed by atoms with Gasteiger partial charge in [0.05, 0.1) is 11.7 Å². The fraction of sp³-hybridized carbons (Fsp3) is 0.400. The molecule has 0 bridgehead atoms. The molecule has 1 aromatic carbocycles. The van der Waals surface area contributed by atoms with E-state index in [0.29, 0.717) is 25.0 Å². The molecule has 1 heterocycles. The van der Waals surface area contributed by atoms with Crippen LogP contribution in [0.5, 0.6) is 0 Å². The maximum Gasteiger partial charge on any atom is 0.0954 e. The van der Waals surface area contributed by atoms with Crippen LogP contribution in [-0.2, 0) is 5.60 Å². The van der Waals surface area contributed by atoms with E-state index in [0.717, 1.165) is 18.7 Å². The number of rotatable bonds is 3. The molecule has 3 heteroatoms. The Balaban J connectivity index is 1.98. The SMILES string of the molecule is C=C(C#N)CN1CCC(O)(c2ccccc2)CC1. The van der Waals surface area contributed by atoms with E-state index in [9.17, 15) is 5.11 Å². The predicted octanol–water partition coefficient (Wildman–Crippen LogP) is 2.05. The number of nitrogens with zero attached hydrogens (tertiary/aromatic N) is 2. The summed E-state index contributed by atoms with van der Waals surface area (Å²) in [5.74, 6) is 0. The van der Waals surface area contributed by atoms with Gasteiger partial charge in [-0.05, 0) is 18.4 Å². The molecule has 1 fully saturated rings. The van der Waals surface area contributed by atoms with Gasteiger partial charge >= 0.3 is 0 Å². The Morgan fingerprint density at radius 1 is 1.33 bits per heavy atom. The van der Waals surface area contributed by atoms with Crippen molar-refractivity contribution in [2.45, 2.75) is 18.4 Å². The Morgan fingerprint density at radius 3 is 2.50 bits per heavy atom. The van der Waals surface area contributed by atoms with Crippen molar-refractivity contribution in [3.05, 3.63) is 48.0 Å².